The number of carbonyl (C=O) groups is 2. The number of thiazole rings is 1. The molecule has 0 aliphatic carbocycles. The molecule has 0 unspecified atom stereocenters. The Morgan fingerprint density at radius 1 is 1.38 bits per heavy atom. The predicted octanol–water partition coefficient (Wildman–Crippen LogP) is 2.89. The van der Waals surface area contributed by atoms with E-state index in [1.807, 2.05) is 13.8 Å². The van der Waals surface area contributed by atoms with E-state index in [-0.39, 0.29) is 24.3 Å². The van der Waals surface area contributed by atoms with Gasteiger partial charge < -0.3 is 15.0 Å². The van der Waals surface area contributed by atoms with Gasteiger partial charge in [-0.1, -0.05) is 19.9 Å². The van der Waals surface area contributed by atoms with E-state index in [1.54, 1.807) is 47.9 Å². The average Bonchev–Trinajstić information content (AvgIpc) is 3.06. The Bertz CT molecular complexity index is 686. The topological polar surface area (TPSA) is 71.5 Å². The quantitative estimate of drug-likeness (QED) is 0.836. The molecule has 0 atom stereocenters. The molecular formula is C17H21N3O3S. The van der Waals surface area contributed by atoms with Gasteiger partial charge in [-0.15, -0.1) is 11.3 Å². The van der Waals surface area contributed by atoms with Crippen LogP contribution < -0.4 is 10.1 Å². The summed E-state index contributed by atoms with van der Waals surface area (Å²) < 4.78 is 5.16. The van der Waals surface area contributed by atoms with Gasteiger partial charge in [0.2, 0.25) is 5.91 Å². The summed E-state index contributed by atoms with van der Waals surface area (Å²) in [5.74, 6) is 0.392. The highest BCUT2D eigenvalue weighted by Crippen LogP contribution is 2.16. The molecule has 2 rings (SSSR count). The van der Waals surface area contributed by atoms with Crippen molar-refractivity contribution >= 4 is 28.3 Å². The molecule has 0 aliphatic heterocycles. The lowest BCUT2D eigenvalue weighted by Crippen LogP contribution is -2.40. The van der Waals surface area contributed by atoms with Gasteiger partial charge >= 0.3 is 0 Å². The molecule has 0 fully saturated rings. The molecule has 0 saturated heterocycles. The number of amides is 2. The van der Waals surface area contributed by atoms with Gasteiger partial charge in [-0.05, 0) is 24.1 Å². The largest absolute Gasteiger partial charge is 0.497 e. The van der Waals surface area contributed by atoms with Crippen LogP contribution in [0.3, 0.4) is 0 Å². The highest BCUT2D eigenvalue weighted by atomic mass is 32.1. The lowest BCUT2D eigenvalue weighted by Gasteiger charge is -2.24. The van der Waals surface area contributed by atoms with Crippen molar-refractivity contribution in [3.63, 3.8) is 0 Å². The molecule has 1 N–H and O–H groups in total. The maximum atomic E-state index is 12.8. The second-order valence-corrected chi connectivity index (χ2v) is 6.59. The first-order valence-electron chi connectivity index (χ1n) is 7.62. The van der Waals surface area contributed by atoms with E-state index in [4.69, 9.17) is 4.74 Å². The number of benzene rings is 1. The van der Waals surface area contributed by atoms with E-state index in [0.29, 0.717) is 23.0 Å². The molecule has 24 heavy (non-hydrogen) atoms. The van der Waals surface area contributed by atoms with Crippen LogP contribution in [0.2, 0.25) is 0 Å². The number of carbonyl (C=O) groups excluding carboxylic acids is 2. The first kappa shape index (κ1) is 17.9. The monoisotopic (exact) mass is 347 g/mol. The highest BCUT2D eigenvalue weighted by Gasteiger charge is 2.20. The first-order chi connectivity index (χ1) is 11.5. The Morgan fingerprint density at radius 2 is 2.17 bits per heavy atom. The van der Waals surface area contributed by atoms with Crippen LogP contribution in [-0.2, 0) is 4.79 Å². The van der Waals surface area contributed by atoms with Crippen molar-refractivity contribution in [2.24, 2.45) is 5.92 Å². The van der Waals surface area contributed by atoms with Crippen molar-refractivity contribution in [3.8, 4) is 5.75 Å². The highest BCUT2D eigenvalue weighted by molar-refractivity contribution is 7.13. The van der Waals surface area contributed by atoms with E-state index in [1.165, 1.54) is 11.3 Å². The fraction of sp³-hybridized carbons (Fsp3) is 0.353. The first-order valence-corrected chi connectivity index (χ1v) is 8.50. The molecule has 0 saturated carbocycles. The van der Waals surface area contributed by atoms with Gasteiger partial charge in [-0.25, -0.2) is 4.98 Å². The lowest BCUT2D eigenvalue weighted by molar-refractivity contribution is -0.117. The van der Waals surface area contributed by atoms with Crippen LogP contribution in [0.4, 0.5) is 5.13 Å². The lowest BCUT2D eigenvalue weighted by atomic mass is 10.1. The van der Waals surface area contributed by atoms with Gasteiger partial charge in [0.05, 0.1) is 7.11 Å². The summed E-state index contributed by atoms with van der Waals surface area (Å²) in [6, 6.07) is 6.93. The van der Waals surface area contributed by atoms with E-state index in [0.717, 1.165) is 0 Å². The van der Waals surface area contributed by atoms with E-state index in [2.05, 4.69) is 10.3 Å². The number of hydrogen-bond donors (Lipinski definition) is 1. The van der Waals surface area contributed by atoms with Crippen LogP contribution in [0.25, 0.3) is 0 Å². The average molecular weight is 347 g/mol. The molecule has 0 bridgehead atoms. The maximum absolute atomic E-state index is 12.8. The SMILES string of the molecule is COc1cccc(C(=O)N(CC(=O)Nc2nccs2)CC(C)C)c1. The summed E-state index contributed by atoms with van der Waals surface area (Å²) in [7, 11) is 1.55. The molecule has 1 aromatic carbocycles. The minimum atomic E-state index is -0.262. The molecule has 0 aliphatic rings. The fourth-order valence-corrected chi connectivity index (χ4v) is 2.76. The molecule has 0 radical (unpaired) electrons. The summed E-state index contributed by atoms with van der Waals surface area (Å²) >= 11 is 1.34. The number of hydrogen-bond acceptors (Lipinski definition) is 5. The van der Waals surface area contributed by atoms with Gasteiger partial charge in [-0.2, -0.15) is 0 Å². The normalized spacial score (nSPS) is 10.5. The zero-order chi connectivity index (χ0) is 17.5. The van der Waals surface area contributed by atoms with Gasteiger partial charge in [0, 0.05) is 23.7 Å². The van der Waals surface area contributed by atoms with Crippen LogP contribution >= 0.6 is 11.3 Å². The van der Waals surface area contributed by atoms with Gasteiger partial charge in [0.15, 0.2) is 5.13 Å². The van der Waals surface area contributed by atoms with Crippen LogP contribution in [0, 0.1) is 5.92 Å². The Hall–Kier alpha value is -2.41. The van der Waals surface area contributed by atoms with Crippen LogP contribution in [-0.4, -0.2) is 41.9 Å². The maximum Gasteiger partial charge on any atom is 0.254 e. The summed E-state index contributed by atoms with van der Waals surface area (Å²) in [6.45, 7) is 4.48. The second-order valence-electron chi connectivity index (χ2n) is 5.70. The minimum absolute atomic E-state index is 0.0200. The van der Waals surface area contributed by atoms with Crippen molar-refractivity contribution in [1.29, 1.82) is 0 Å². The zero-order valence-electron chi connectivity index (χ0n) is 14.0. The van der Waals surface area contributed by atoms with Gasteiger partial charge in [0.1, 0.15) is 12.3 Å². The standard InChI is InChI=1S/C17H21N3O3S/c1-12(2)10-20(11-15(21)19-17-18-7-8-24-17)16(22)13-5-4-6-14(9-13)23-3/h4-9,12H,10-11H2,1-3H3,(H,18,19,21). The Balaban J connectivity index is 2.11. The number of anilines is 1. The molecule has 1 heterocycles. The smallest absolute Gasteiger partial charge is 0.254 e. The Kier molecular flexibility index (Phi) is 6.31. The van der Waals surface area contributed by atoms with Crippen molar-refractivity contribution in [3.05, 3.63) is 41.4 Å². The number of aromatic nitrogens is 1. The molecule has 1 aromatic heterocycles. The summed E-state index contributed by atoms with van der Waals surface area (Å²) in [6.07, 6.45) is 1.62. The summed E-state index contributed by atoms with van der Waals surface area (Å²) in [4.78, 5) is 30.5. The molecular weight excluding hydrogens is 326 g/mol. The number of nitrogens with zero attached hydrogens (tertiary/aromatic N) is 2. The minimum Gasteiger partial charge on any atom is -0.497 e. The van der Waals surface area contributed by atoms with Crippen LogP contribution in [0.5, 0.6) is 5.75 Å². The third-order valence-corrected chi connectivity index (χ3v) is 3.89. The second kappa shape index (κ2) is 8.44. The summed E-state index contributed by atoms with van der Waals surface area (Å²) in [5.41, 5.74) is 0.497. The molecule has 128 valence electrons. The van der Waals surface area contributed by atoms with E-state index in [9.17, 15) is 9.59 Å². The van der Waals surface area contributed by atoms with Crippen LogP contribution in [0.15, 0.2) is 35.8 Å². The third-order valence-electron chi connectivity index (χ3n) is 3.20. The van der Waals surface area contributed by atoms with Crippen LogP contribution in [0.1, 0.15) is 24.2 Å². The predicted molar refractivity (Wildman–Crippen MR) is 94.5 cm³/mol. The van der Waals surface area contributed by atoms with Crippen molar-refractivity contribution < 1.29 is 14.3 Å². The zero-order valence-corrected chi connectivity index (χ0v) is 14.8. The van der Waals surface area contributed by atoms with E-state index < -0.39 is 0 Å². The Morgan fingerprint density at radius 3 is 2.79 bits per heavy atom. The fourth-order valence-electron chi connectivity index (χ4n) is 2.22. The van der Waals surface area contributed by atoms with Gasteiger partial charge in [0.25, 0.3) is 5.91 Å². The Labute approximate surface area is 145 Å². The molecule has 2 aromatic rings. The number of methoxy groups -OCH3 is 1. The number of rotatable bonds is 7. The third kappa shape index (κ3) is 5.06. The van der Waals surface area contributed by atoms with Crippen molar-refractivity contribution in [1.82, 2.24) is 9.88 Å². The van der Waals surface area contributed by atoms with Crippen molar-refractivity contribution in [2.45, 2.75) is 13.8 Å². The summed E-state index contributed by atoms with van der Waals surface area (Å²) in [5, 5.41) is 5.01. The van der Waals surface area contributed by atoms with Gasteiger partial charge in [-0.3, -0.25) is 9.59 Å². The molecule has 7 heteroatoms. The number of ether oxygens (including phenoxy) is 1. The van der Waals surface area contributed by atoms with E-state index >= 15 is 0 Å². The van der Waals surface area contributed by atoms with Crippen molar-refractivity contribution in [2.75, 3.05) is 25.5 Å². The molecule has 2 amide bonds. The molecule has 0 spiro atoms. The molecule has 6 nitrogen and oxygen atoms in total. The number of nitrogens with one attached hydrogen (secondary N) is 1.